The van der Waals surface area contributed by atoms with Crippen molar-refractivity contribution in [3.05, 3.63) is 0 Å². The number of carbonyl (C=O) groups is 2. The van der Waals surface area contributed by atoms with Gasteiger partial charge in [-0.15, -0.1) is 0 Å². The van der Waals surface area contributed by atoms with E-state index >= 15 is 0 Å². The molecule has 0 saturated heterocycles. The lowest BCUT2D eigenvalue weighted by Crippen LogP contribution is -2.43. The first-order valence-electron chi connectivity index (χ1n) is 5.91. The molecule has 0 aromatic heterocycles. The van der Waals surface area contributed by atoms with Gasteiger partial charge in [-0.2, -0.15) is 0 Å². The van der Waals surface area contributed by atoms with E-state index in [1.807, 2.05) is 19.0 Å². The highest BCUT2D eigenvalue weighted by atomic mass is 16.4. The quantitative estimate of drug-likeness (QED) is 0.639. The van der Waals surface area contributed by atoms with Gasteiger partial charge in [-0.05, 0) is 33.4 Å². The first-order valence-corrected chi connectivity index (χ1v) is 5.91. The number of likely N-dealkylation sites (N-methyl/N-ethyl adjacent to an activating group) is 1. The number of hydrogen-bond acceptors (Lipinski definition) is 3. The lowest BCUT2D eigenvalue weighted by molar-refractivity contribution is -0.141. The van der Waals surface area contributed by atoms with Gasteiger partial charge >= 0.3 is 12.0 Å². The van der Waals surface area contributed by atoms with Crippen molar-refractivity contribution in [2.24, 2.45) is 5.92 Å². The normalized spacial score (nSPS) is 23.7. The summed E-state index contributed by atoms with van der Waals surface area (Å²) in [4.78, 5) is 24.2. The predicted octanol–water partition coefficient (Wildman–Crippen LogP) is 0.101. The van der Waals surface area contributed by atoms with Gasteiger partial charge < -0.3 is 20.6 Å². The van der Waals surface area contributed by atoms with Gasteiger partial charge in [0.05, 0.1) is 5.92 Å². The number of carbonyl (C=O) groups excluding carboxylic acids is 1. The van der Waals surface area contributed by atoms with E-state index in [0.29, 0.717) is 19.4 Å². The number of urea groups is 1. The minimum Gasteiger partial charge on any atom is -0.481 e. The molecule has 0 aliphatic heterocycles. The Balaban J connectivity index is 2.17. The monoisotopic (exact) mass is 243 g/mol. The second-order valence-electron chi connectivity index (χ2n) is 4.75. The van der Waals surface area contributed by atoms with E-state index in [1.165, 1.54) is 0 Å². The number of carboxylic acids is 1. The molecule has 1 saturated carbocycles. The summed E-state index contributed by atoms with van der Waals surface area (Å²) in [5, 5.41) is 14.4. The van der Waals surface area contributed by atoms with Gasteiger partial charge in [0.15, 0.2) is 0 Å². The molecular weight excluding hydrogens is 222 g/mol. The van der Waals surface area contributed by atoms with E-state index in [1.54, 1.807) is 0 Å². The molecule has 3 N–H and O–H groups in total. The Hall–Kier alpha value is -1.30. The van der Waals surface area contributed by atoms with Crippen molar-refractivity contribution in [2.45, 2.75) is 25.3 Å². The molecule has 2 unspecified atom stereocenters. The van der Waals surface area contributed by atoms with Crippen LogP contribution in [0.1, 0.15) is 19.3 Å². The third kappa shape index (κ3) is 5.04. The van der Waals surface area contributed by atoms with Crippen molar-refractivity contribution >= 4 is 12.0 Å². The van der Waals surface area contributed by atoms with Crippen molar-refractivity contribution in [2.75, 3.05) is 27.2 Å². The summed E-state index contributed by atoms with van der Waals surface area (Å²) in [6, 6.07) is -0.210. The number of nitrogens with zero attached hydrogens (tertiary/aromatic N) is 1. The van der Waals surface area contributed by atoms with Crippen LogP contribution in [0.25, 0.3) is 0 Å². The number of rotatable bonds is 5. The lowest BCUT2D eigenvalue weighted by atomic mass is 10.1. The van der Waals surface area contributed by atoms with Crippen LogP contribution in [0.2, 0.25) is 0 Å². The molecule has 6 nitrogen and oxygen atoms in total. The molecule has 2 atom stereocenters. The van der Waals surface area contributed by atoms with E-state index in [2.05, 4.69) is 10.6 Å². The lowest BCUT2D eigenvalue weighted by Gasteiger charge is -2.14. The highest BCUT2D eigenvalue weighted by Gasteiger charge is 2.30. The molecule has 0 bridgehead atoms. The Labute approximate surface area is 101 Å². The van der Waals surface area contributed by atoms with Crippen molar-refractivity contribution < 1.29 is 14.7 Å². The molecule has 1 aliphatic rings. The van der Waals surface area contributed by atoms with Crippen molar-refractivity contribution in [1.82, 2.24) is 15.5 Å². The summed E-state index contributed by atoms with van der Waals surface area (Å²) >= 11 is 0. The zero-order valence-corrected chi connectivity index (χ0v) is 10.4. The summed E-state index contributed by atoms with van der Waals surface area (Å²) in [6.07, 6.45) is 1.94. The minimum atomic E-state index is -0.762. The molecule has 1 fully saturated rings. The van der Waals surface area contributed by atoms with Crippen LogP contribution in [0.3, 0.4) is 0 Å². The zero-order chi connectivity index (χ0) is 12.8. The maximum Gasteiger partial charge on any atom is 0.315 e. The first-order chi connectivity index (χ1) is 7.99. The van der Waals surface area contributed by atoms with Gasteiger partial charge in [0.1, 0.15) is 0 Å². The van der Waals surface area contributed by atoms with Gasteiger partial charge in [0, 0.05) is 19.1 Å². The second-order valence-corrected chi connectivity index (χ2v) is 4.75. The number of nitrogens with one attached hydrogen (secondary N) is 2. The summed E-state index contributed by atoms with van der Waals surface area (Å²) in [7, 11) is 3.88. The molecule has 0 heterocycles. The van der Waals surface area contributed by atoms with Crippen LogP contribution in [-0.4, -0.2) is 55.2 Å². The molecule has 98 valence electrons. The van der Waals surface area contributed by atoms with Gasteiger partial charge in [0.2, 0.25) is 0 Å². The molecule has 0 aromatic rings. The summed E-state index contributed by atoms with van der Waals surface area (Å²) in [5.41, 5.74) is 0. The topological polar surface area (TPSA) is 81.7 Å². The Kier molecular flexibility index (Phi) is 5.21. The Bertz CT molecular complexity index is 281. The average molecular weight is 243 g/mol. The summed E-state index contributed by atoms with van der Waals surface area (Å²) < 4.78 is 0. The average Bonchev–Trinajstić information content (AvgIpc) is 2.65. The Morgan fingerprint density at radius 2 is 2.06 bits per heavy atom. The van der Waals surface area contributed by atoms with Crippen LogP contribution in [0.4, 0.5) is 4.79 Å². The standard InChI is InChI=1S/C11H21N3O3/c1-14(2)6-5-12-11(17)13-9-4-3-8(7-9)10(15)16/h8-9H,3-7H2,1-2H3,(H,15,16)(H2,12,13,17). The van der Waals surface area contributed by atoms with Crippen LogP contribution >= 0.6 is 0 Å². The fraction of sp³-hybridized carbons (Fsp3) is 0.818. The molecule has 6 heteroatoms. The van der Waals surface area contributed by atoms with E-state index in [-0.39, 0.29) is 18.0 Å². The summed E-state index contributed by atoms with van der Waals surface area (Å²) in [6.45, 7) is 1.38. The maximum atomic E-state index is 11.5. The molecular formula is C11H21N3O3. The number of amides is 2. The second kappa shape index (κ2) is 6.44. The van der Waals surface area contributed by atoms with Gasteiger partial charge in [-0.1, -0.05) is 0 Å². The maximum absolute atomic E-state index is 11.5. The number of hydrogen-bond donors (Lipinski definition) is 3. The predicted molar refractivity (Wildman–Crippen MR) is 63.9 cm³/mol. The third-order valence-corrected chi connectivity index (χ3v) is 2.96. The fourth-order valence-electron chi connectivity index (χ4n) is 1.97. The highest BCUT2D eigenvalue weighted by molar-refractivity contribution is 5.75. The molecule has 1 aliphatic carbocycles. The third-order valence-electron chi connectivity index (χ3n) is 2.96. The Morgan fingerprint density at radius 3 is 2.59 bits per heavy atom. The summed E-state index contributed by atoms with van der Waals surface area (Å²) in [5.74, 6) is -1.07. The van der Waals surface area contributed by atoms with Gasteiger partial charge in [-0.25, -0.2) is 4.79 Å². The van der Waals surface area contributed by atoms with E-state index in [0.717, 1.165) is 13.0 Å². The fourth-order valence-corrected chi connectivity index (χ4v) is 1.97. The highest BCUT2D eigenvalue weighted by Crippen LogP contribution is 2.25. The number of aliphatic carboxylic acids is 1. The smallest absolute Gasteiger partial charge is 0.315 e. The van der Waals surface area contributed by atoms with Crippen LogP contribution in [0.15, 0.2) is 0 Å². The zero-order valence-electron chi connectivity index (χ0n) is 10.4. The molecule has 2 amide bonds. The van der Waals surface area contributed by atoms with Crippen molar-refractivity contribution in [3.8, 4) is 0 Å². The molecule has 0 spiro atoms. The van der Waals surface area contributed by atoms with Crippen LogP contribution in [0.5, 0.6) is 0 Å². The SMILES string of the molecule is CN(C)CCNC(=O)NC1CCC(C(=O)O)C1. The van der Waals surface area contributed by atoms with Gasteiger partial charge in [0.25, 0.3) is 0 Å². The van der Waals surface area contributed by atoms with E-state index in [9.17, 15) is 9.59 Å². The first kappa shape index (κ1) is 13.8. The van der Waals surface area contributed by atoms with E-state index < -0.39 is 5.97 Å². The molecule has 1 rings (SSSR count). The molecule has 0 radical (unpaired) electrons. The van der Waals surface area contributed by atoms with Crippen LogP contribution < -0.4 is 10.6 Å². The van der Waals surface area contributed by atoms with Crippen molar-refractivity contribution in [3.63, 3.8) is 0 Å². The minimum absolute atomic E-state index is 0.00421. The van der Waals surface area contributed by atoms with Crippen LogP contribution in [-0.2, 0) is 4.79 Å². The molecule has 17 heavy (non-hydrogen) atoms. The number of carboxylic acid groups (broad SMARTS) is 1. The van der Waals surface area contributed by atoms with Crippen molar-refractivity contribution in [1.29, 1.82) is 0 Å². The largest absolute Gasteiger partial charge is 0.481 e. The molecule has 0 aromatic carbocycles. The van der Waals surface area contributed by atoms with Crippen LogP contribution in [0, 0.1) is 5.92 Å². The van der Waals surface area contributed by atoms with Gasteiger partial charge in [-0.3, -0.25) is 4.79 Å². The van der Waals surface area contributed by atoms with E-state index in [4.69, 9.17) is 5.11 Å². The Morgan fingerprint density at radius 1 is 1.35 bits per heavy atom.